The molecule has 3 heterocycles. The molecule has 1 amide bonds. The number of piperidine rings is 1. The van der Waals surface area contributed by atoms with Gasteiger partial charge in [-0.3, -0.25) is 4.79 Å². The molecule has 1 unspecified atom stereocenters. The van der Waals surface area contributed by atoms with Crippen molar-refractivity contribution in [2.75, 3.05) is 19.0 Å². The van der Waals surface area contributed by atoms with Crippen molar-refractivity contribution in [1.29, 1.82) is 0 Å². The molecule has 11 heteroatoms. The Morgan fingerprint density at radius 2 is 2.10 bits per heavy atom. The second-order valence-corrected chi connectivity index (χ2v) is 11.4. The van der Waals surface area contributed by atoms with Crippen LogP contribution in [0.3, 0.4) is 0 Å². The number of nitrogens with one attached hydrogen (secondary N) is 1. The van der Waals surface area contributed by atoms with Gasteiger partial charge >= 0.3 is 0 Å². The van der Waals surface area contributed by atoms with Crippen molar-refractivity contribution in [3.8, 4) is 5.75 Å². The standard InChI is InChI=1S/C18H18ClN3O4S3/c1-26-12-6-4-7-13-16(12)20-18(27-13)21-17(23)11-5-2-3-10-22(11)29(24,25)15-9-8-14(19)28-15/h4,6-9,11H,2-3,5,10H2,1H3,(H,20,21,23). The quantitative estimate of drug-likeness (QED) is 0.602. The summed E-state index contributed by atoms with van der Waals surface area (Å²) in [6.07, 6.45) is 1.95. The lowest BCUT2D eigenvalue weighted by Crippen LogP contribution is -2.49. The number of hydrogen-bond acceptors (Lipinski definition) is 7. The number of methoxy groups -OCH3 is 1. The fourth-order valence-electron chi connectivity index (χ4n) is 3.34. The van der Waals surface area contributed by atoms with Crippen molar-refractivity contribution in [2.45, 2.75) is 29.5 Å². The van der Waals surface area contributed by atoms with Crippen LogP contribution in [0.2, 0.25) is 4.34 Å². The van der Waals surface area contributed by atoms with Gasteiger partial charge in [-0.05, 0) is 37.1 Å². The van der Waals surface area contributed by atoms with Crippen LogP contribution in [-0.4, -0.2) is 43.3 Å². The van der Waals surface area contributed by atoms with Crippen molar-refractivity contribution in [2.24, 2.45) is 0 Å². The van der Waals surface area contributed by atoms with Crippen LogP contribution in [-0.2, 0) is 14.8 Å². The number of anilines is 1. The molecular formula is C18H18ClN3O4S3. The predicted octanol–water partition coefficient (Wildman–Crippen LogP) is 4.20. The number of carbonyl (C=O) groups is 1. The predicted molar refractivity (Wildman–Crippen MR) is 116 cm³/mol. The number of hydrogen-bond donors (Lipinski definition) is 1. The summed E-state index contributed by atoms with van der Waals surface area (Å²) >= 11 is 8.23. The molecule has 7 nitrogen and oxygen atoms in total. The minimum Gasteiger partial charge on any atom is -0.494 e. The molecule has 1 aliphatic heterocycles. The summed E-state index contributed by atoms with van der Waals surface area (Å²) in [6.45, 7) is 0.295. The number of aromatic nitrogens is 1. The maximum Gasteiger partial charge on any atom is 0.253 e. The van der Waals surface area contributed by atoms with Gasteiger partial charge in [-0.1, -0.05) is 35.4 Å². The van der Waals surface area contributed by atoms with Gasteiger partial charge in [0.2, 0.25) is 5.91 Å². The normalized spacial score (nSPS) is 18.1. The highest BCUT2D eigenvalue weighted by molar-refractivity contribution is 7.91. The summed E-state index contributed by atoms with van der Waals surface area (Å²) in [5.41, 5.74) is 0.664. The van der Waals surface area contributed by atoms with E-state index in [-0.39, 0.29) is 10.1 Å². The van der Waals surface area contributed by atoms with Crippen molar-refractivity contribution >= 4 is 65.6 Å². The van der Waals surface area contributed by atoms with E-state index in [0.29, 0.717) is 40.1 Å². The van der Waals surface area contributed by atoms with E-state index in [1.807, 2.05) is 12.1 Å². The Hall–Kier alpha value is -1.72. The molecule has 0 radical (unpaired) electrons. The molecule has 1 atom stereocenters. The van der Waals surface area contributed by atoms with Crippen molar-refractivity contribution in [3.05, 3.63) is 34.7 Å². The molecule has 0 saturated carbocycles. The number of fused-ring (bicyclic) bond motifs is 1. The van der Waals surface area contributed by atoms with E-state index in [2.05, 4.69) is 10.3 Å². The average Bonchev–Trinajstić information content (AvgIpc) is 3.33. The van der Waals surface area contributed by atoms with E-state index in [1.165, 1.54) is 21.7 Å². The van der Waals surface area contributed by atoms with Crippen LogP contribution in [0.25, 0.3) is 10.2 Å². The van der Waals surface area contributed by atoms with Crippen LogP contribution < -0.4 is 10.1 Å². The number of carbonyl (C=O) groups excluding carboxylic acids is 1. The molecule has 1 saturated heterocycles. The zero-order valence-electron chi connectivity index (χ0n) is 15.4. The van der Waals surface area contributed by atoms with E-state index < -0.39 is 16.1 Å². The number of benzene rings is 1. The summed E-state index contributed by atoms with van der Waals surface area (Å²) < 4.78 is 34.1. The van der Waals surface area contributed by atoms with E-state index in [1.54, 1.807) is 19.2 Å². The van der Waals surface area contributed by atoms with E-state index in [9.17, 15) is 13.2 Å². The lowest BCUT2D eigenvalue weighted by Gasteiger charge is -2.32. The number of amides is 1. The van der Waals surface area contributed by atoms with Crippen molar-refractivity contribution in [1.82, 2.24) is 9.29 Å². The number of halogens is 1. The second-order valence-electron chi connectivity index (χ2n) is 6.50. The largest absolute Gasteiger partial charge is 0.494 e. The highest BCUT2D eigenvalue weighted by Crippen LogP contribution is 2.34. The first-order valence-corrected chi connectivity index (χ1v) is 12.4. The van der Waals surface area contributed by atoms with Crippen molar-refractivity contribution < 1.29 is 17.9 Å². The van der Waals surface area contributed by atoms with Gasteiger partial charge in [0.25, 0.3) is 10.0 Å². The summed E-state index contributed by atoms with van der Waals surface area (Å²) in [6, 6.07) is 7.78. The molecule has 29 heavy (non-hydrogen) atoms. The number of sulfonamides is 1. The third-order valence-electron chi connectivity index (χ3n) is 4.70. The number of thiazole rings is 1. The van der Waals surface area contributed by atoms with E-state index in [0.717, 1.165) is 22.5 Å². The number of rotatable bonds is 5. The molecular weight excluding hydrogens is 454 g/mol. The van der Waals surface area contributed by atoms with Crippen LogP contribution in [0.4, 0.5) is 5.13 Å². The van der Waals surface area contributed by atoms with Gasteiger partial charge < -0.3 is 10.1 Å². The minimum absolute atomic E-state index is 0.145. The number of thiophene rings is 1. The van der Waals surface area contributed by atoms with Gasteiger partial charge in [-0.15, -0.1) is 11.3 Å². The van der Waals surface area contributed by atoms with Gasteiger partial charge in [0.1, 0.15) is 21.5 Å². The lowest BCUT2D eigenvalue weighted by molar-refractivity contribution is -0.120. The molecule has 4 rings (SSSR count). The van der Waals surface area contributed by atoms with Crippen LogP contribution in [0.1, 0.15) is 19.3 Å². The monoisotopic (exact) mass is 471 g/mol. The molecule has 1 aromatic carbocycles. The molecule has 0 spiro atoms. The summed E-state index contributed by atoms with van der Waals surface area (Å²) in [7, 11) is -2.23. The van der Waals surface area contributed by atoms with E-state index in [4.69, 9.17) is 16.3 Å². The molecule has 1 N–H and O–H groups in total. The maximum atomic E-state index is 13.1. The van der Waals surface area contributed by atoms with Gasteiger partial charge in [-0.25, -0.2) is 13.4 Å². The molecule has 1 fully saturated rings. The Morgan fingerprint density at radius 1 is 1.28 bits per heavy atom. The Labute approximate surface area is 181 Å². The topological polar surface area (TPSA) is 88.6 Å². The Morgan fingerprint density at radius 3 is 2.83 bits per heavy atom. The second kappa shape index (κ2) is 8.19. The van der Waals surface area contributed by atoms with Crippen molar-refractivity contribution in [3.63, 3.8) is 0 Å². The van der Waals surface area contributed by atoms with Gasteiger partial charge in [-0.2, -0.15) is 4.31 Å². The summed E-state index contributed by atoms with van der Waals surface area (Å²) in [5, 5.41) is 3.21. The van der Waals surface area contributed by atoms with Crippen LogP contribution in [0.15, 0.2) is 34.5 Å². The molecule has 0 bridgehead atoms. The number of para-hydroxylation sites is 1. The van der Waals surface area contributed by atoms with Gasteiger partial charge in [0.05, 0.1) is 16.1 Å². The van der Waals surface area contributed by atoms with Gasteiger partial charge in [0.15, 0.2) is 5.13 Å². The van der Waals surface area contributed by atoms with Crippen LogP contribution in [0.5, 0.6) is 5.75 Å². The summed E-state index contributed by atoms with van der Waals surface area (Å²) in [4.78, 5) is 17.4. The molecule has 154 valence electrons. The first-order valence-electron chi connectivity index (χ1n) is 8.92. The highest BCUT2D eigenvalue weighted by atomic mass is 35.5. The number of ether oxygens (including phenoxy) is 1. The zero-order chi connectivity index (χ0) is 20.6. The smallest absolute Gasteiger partial charge is 0.253 e. The number of nitrogens with zero attached hydrogens (tertiary/aromatic N) is 2. The Balaban J connectivity index is 1.59. The molecule has 3 aromatic rings. The first-order chi connectivity index (χ1) is 13.9. The third kappa shape index (κ3) is 3.99. The van der Waals surface area contributed by atoms with E-state index >= 15 is 0 Å². The molecule has 0 aliphatic carbocycles. The molecule has 1 aliphatic rings. The fraction of sp³-hybridized carbons (Fsp3) is 0.333. The Kier molecular flexibility index (Phi) is 5.80. The maximum absolute atomic E-state index is 13.1. The van der Waals surface area contributed by atoms with Gasteiger partial charge in [0, 0.05) is 6.54 Å². The zero-order valence-corrected chi connectivity index (χ0v) is 18.6. The minimum atomic E-state index is -3.79. The first kappa shape index (κ1) is 20.5. The molecule has 2 aromatic heterocycles. The SMILES string of the molecule is COc1cccc2sc(NC(=O)C3CCCCN3S(=O)(=O)c3ccc(Cl)s3)nc12. The lowest BCUT2D eigenvalue weighted by atomic mass is 10.0. The third-order valence-corrected chi connectivity index (χ3v) is 9.24. The Bertz CT molecular complexity index is 1160. The average molecular weight is 472 g/mol. The van der Waals surface area contributed by atoms with Crippen LogP contribution >= 0.6 is 34.3 Å². The summed E-state index contributed by atoms with van der Waals surface area (Å²) in [5.74, 6) is 0.240. The highest BCUT2D eigenvalue weighted by Gasteiger charge is 2.38. The van der Waals surface area contributed by atoms with Crippen LogP contribution in [0, 0.1) is 0 Å². The fourth-order valence-corrected chi connectivity index (χ4v) is 7.49.